The fourth-order valence-corrected chi connectivity index (χ4v) is 3.54. The number of rotatable bonds is 7. The molecule has 10 nitrogen and oxygen atoms in total. The minimum atomic E-state index is -3.72. The van der Waals surface area contributed by atoms with Gasteiger partial charge >= 0.3 is 0 Å². The Balaban J connectivity index is 1.59. The third-order valence-corrected chi connectivity index (χ3v) is 5.41. The van der Waals surface area contributed by atoms with Gasteiger partial charge in [-0.25, -0.2) is 18.5 Å². The zero-order valence-corrected chi connectivity index (χ0v) is 18.0. The summed E-state index contributed by atoms with van der Waals surface area (Å²) in [5, 5.41) is 14.9. The van der Waals surface area contributed by atoms with E-state index in [2.05, 4.69) is 20.7 Å². The predicted octanol–water partition coefficient (Wildman–Crippen LogP) is 1.02. The number of sulfonamides is 1. The molecule has 0 saturated carbocycles. The van der Waals surface area contributed by atoms with Gasteiger partial charge < -0.3 is 10.6 Å². The number of carbonyl (C=O) groups excluding carboxylic acids is 2. The van der Waals surface area contributed by atoms with E-state index in [1.807, 2.05) is 13.8 Å². The summed E-state index contributed by atoms with van der Waals surface area (Å²) < 4.78 is 24.4. The first kappa shape index (κ1) is 22.4. The molecular formula is C20H24N6O4S. The van der Waals surface area contributed by atoms with Crippen molar-refractivity contribution >= 4 is 21.8 Å². The van der Waals surface area contributed by atoms with Gasteiger partial charge in [0.2, 0.25) is 10.0 Å². The van der Waals surface area contributed by atoms with Gasteiger partial charge in [0.1, 0.15) is 11.4 Å². The molecule has 2 aromatic rings. The summed E-state index contributed by atoms with van der Waals surface area (Å²) in [4.78, 5) is 28.7. The highest BCUT2D eigenvalue weighted by molar-refractivity contribution is 7.93. The summed E-state index contributed by atoms with van der Waals surface area (Å²) >= 11 is 0. The minimum absolute atomic E-state index is 0.0379. The van der Waals surface area contributed by atoms with Crippen LogP contribution in [0, 0.1) is 0 Å². The Bertz CT molecular complexity index is 1150. The number of aromatic nitrogens is 3. The van der Waals surface area contributed by atoms with E-state index in [4.69, 9.17) is 5.14 Å². The molecule has 1 unspecified atom stereocenters. The summed E-state index contributed by atoms with van der Waals surface area (Å²) in [7, 11) is -3.72. The Morgan fingerprint density at radius 2 is 1.97 bits per heavy atom. The van der Waals surface area contributed by atoms with E-state index in [1.54, 1.807) is 41.4 Å². The van der Waals surface area contributed by atoms with E-state index in [9.17, 15) is 18.0 Å². The summed E-state index contributed by atoms with van der Waals surface area (Å²) in [5.41, 5.74) is 1.07. The fraction of sp³-hybridized carbons (Fsp3) is 0.300. The van der Waals surface area contributed by atoms with E-state index < -0.39 is 15.9 Å². The highest BCUT2D eigenvalue weighted by Gasteiger charge is 2.18. The van der Waals surface area contributed by atoms with Crippen LogP contribution in [0.1, 0.15) is 52.9 Å². The van der Waals surface area contributed by atoms with Gasteiger partial charge in [0, 0.05) is 24.3 Å². The van der Waals surface area contributed by atoms with Crippen LogP contribution in [0.15, 0.2) is 53.7 Å². The van der Waals surface area contributed by atoms with E-state index >= 15 is 0 Å². The van der Waals surface area contributed by atoms with Crippen LogP contribution in [0.2, 0.25) is 0 Å². The average molecular weight is 445 g/mol. The van der Waals surface area contributed by atoms with Crippen LogP contribution in [-0.4, -0.2) is 41.0 Å². The first-order valence-corrected chi connectivity index (χ1v) is 11.2. The Morgan fingerprint density at radius 1 is 1.26 bits per heavy atom. The lowest BCUT2D eigenvalue weighted by molar-refractivity contribution is 0.0936. The van der Waals surface area contributed by atoms with Crippen LogP contribution < -0.4 is 15.8 Å². The maximum Gasteiger partial charge on any atom is 0.270 e. The fourth-order valence-electron chi connectivity index (χ4n) is 2.94. The molecular weight excluding hydrogens is 420 g/mol. The van der Waals surface area contributed by atoms with Crippen molar-refractivity contribution in [2.24, 2.45) is 5.14 Å². The quantitative estimate of drug-likeness (QED) is 0.580. The molecule has 1 aliphatic rings. The Morgan fingerprint density at radius 3 is 2.58 bits per heavy atom. The van der Waals surface area contributed by atoms with E-state index in [0.29, 0.717) is 6.42 Å². The second kappa shape index (κ2) is 9.23. The first-order chi connectivity index (χ1) is 14.6. The van der Waals surface area contributed by atoms with Gasteiger partial charge in [0.25, 0.3) is 11.8 Å². The molecule has 0 aromatic carbocycles. The van der Waals surface area contributed by atoms with Crippen LogP contribution in [0.4, 0.5) is 0 Å². The molecule has 3 rings (SSSR count). The van der Waals surface area contributed by atoms with Gasteiger partial charge in [0.05, 0.1) is 17.1 Å². The topological polar surface area (TPSA) is 149 Å². The maximum atomic E-state index is 12.4. The maximum absolute atomic E-state index is 12.4. The van der Waals surface area contributed by atoms with Crippen LogP contribution in [0.3, 0.4) is 0 Å². The van der Waals surface area contributed by atoms with Crippen molar-refractivity contribution < 1.29 is 18.0 Å². The number of nitrogens with two attached hydrogens (primary N) is 1. The molecule has 31 heavy (non-hydrogen) atoms. The van der Waals surface area contributed by atoms with E-state index in [1.165, 1.54) is 12.1 Å². The number of nitrogens with one attached hydrogen (secondary N) is 2. The zero-order valence-electron chi connectivity index (χ0n) is 17.1. The highest BCUT2D eigenvalue weighted by Crippen LogP contribution is 2.22. The number of hydrogen-bond donors (Lipinski definition) is 3. The van der Waals surface area contributed by atoms with Crippen LogP contribution in [0.5, 0.6) is 0 Å². The van der Waals surface area contributed by atoms with Crippen molar-refractivity contribution in [2.75, 3.05) is 0 Å². The summed E-state index contributed by atoms with van der Waals surface area (Å²) in [5.74, 6) is -0.753. The monoisotopic (exact) mass is 444 g/mol. The second-order valence-corrected chi connectivity index (χ2v) is 8.92. The molecule has 2 aromatic heterocycles. The molecule has 2 heterocycles. The molecule has 0 saturated heterocycles. The number of carbonyl (C=O) groups is 2. The standard InChI is InChI=1S/C20H24N6O4S/c1-13(2)24-20(28)18-5-3-4-17(25-18)19(27)22-10-14-11-23-26(12-14)15-6-8-16(9-7-15)31(21,29)30/h3-6,8-9,11-13,15H,7,10H2,1-2H3,(H,22,27)(H,24,28)(H2,21,29,30). The number of nitrogens with zero attached hydrogens (tertiary/aromatic N) is 3. The number of amides is 2. The summed E-state index contributed by atoms with van der Waals surface area (Å²) in [6.45, 7) is 3.90. The second-order valence-electron chi connectivity index (χ2n) is 7.36. The molecule has 0 bridgehead atoms. The normalized spacial score (nSPS) is 16.1. The lowest BCUT2D eigenvalue weighted by Crippen LogP contribution is -2.31. The molecule has 0 aliphatic heterocycles. The van der Waals surface area contributed by atoms with E-state index in [-0.39, 0.29) is 40.8 Å². The Kier molecular flexibility index (Phi) is 6.66. The van der Waals surface area contributed by atoms with Crippen LogP contribution >= 0.6 is 0 Å². The van der Waals surface area contributed by atoms with Gasteiger partial charge in [0.15, 0.2) is 0 Å². The number of pyridine rings is 1. The molecule has 0 fully saturated rings. The van der Waals surface area contributed by atoms with Gasteiger partial charge in [-0.05, 0) is 38.5 Å². The van der Waals surface area contributed by atoms with Crippen molar-refractivity contribution in [2.45, 2.75) is 38.9 Å². The summed E-state index contributed by atoms with van der Waals surface area (Å²) in [6.07, 6.45) is 8.55. The molecule has 2 amide bonds. The molecule has 4 N–H and O–H groups in total. The molecule has 1 atom stereocenters. The molecule has 11 heteroatoms. The smallest absolute Gasteiger partial charge is 0.270 e. The number of hydrogen-bond acceptors (Lipinski definition) is 6. The van der Waals surface area contributed by atoms with Crippen molar-refractivity contribution in [3.05, 3.63) is 70.7 Å². The van der Waals surface area contributed by atoms with Gasteiger partial charge in [-0.3, -0.25) is 14.3 Å². The van der Waals surface area contributed by atoms with Crippen LogP contribution in [-0.2, 0) is 16.6 Å². The average Bonchev–Trinajstić information content (AvgIpc) is 3.20. The number of allylic oxidation sites excluding steroid dienone is 3. The molecule has 0 radical (unpaired) electrons. The zero-order chi connectivity index (χ0) is 22.6. The third kappa shape index (κ3) is 5.86. The van der Waals surface area contributed by atoms with Gasteiger partial charge in [-0.2, -0.15) is 5.10 Å². The van der Waals surface area contributed by atoms with Crippen molar-refractivity contribution in [1.82, 2.24) is 25.4 Å². The van der Waals surface area contributed by atoms with Crippen molar-refractivity contribution in [1.29, 1.82) is 0 Å². The largest absolute Gasteiger partial charge is 0.349 e. The van der Waals surface area contributed by atoms with Crippen molar-refractivity contribution in [3.8, 4) is 0 Å². The minimum Gasteiger partial charge on any atom is -0.349 e. The Labute approximate surface area is 180 Å². The van der Waals surface area contributed by atoms with Gasteiger partial charge in [-0.1, -0.05) is 18.2 Å². The first-order valence-electron chi connectivity index (χ1n) is 9.64. The molecule has 164 valence electrons. The SMILES string of the molecule is CC(C)NC(=O)c1cccc(C(=O)NCc2cnn(C3C=CC(S(N)(=O)=O)=CC3)c2)n1. The lowest BCUT2D eigenvalue weighted by atomic mass is 10.1. The highest BCUT2D eigenvalue weighted by atomic mass is 32.2. The third-order valence-electron chi connectivity index (χ3n) is 4.45. The predicted molar refractivity (Wildman–Crippen MR) is 114 cm³/mol. The van der Waals surface area contributed by atoms with E-state index in [0.717, 1.165) is 5.56 Å². The molecule has 0 spiro atoms. The summed E-state index contributed by atoms with van der Waals surface area (Å²) in [6, 6.07) is 4.50. The van der Waals surface area contributed by atoms with Crippen molar-refractivity contribution in [3.63, 3.8) is 0 Å². The Hall–Kier alpha value is -3.31. The lowest BCUT2D eigenvalue weighted by Gasteiger charge is -2.15. The molecule has 1 aliphatic carbocycles. The number of primary sulfonamides is 1. The van der Waals surface area contributed by atoms with Crippen LogP contribution in [0.25, 0.3) is 0 Å². The van der Waals surface area contributed by atoms with Gasteiger partial charge in [-0.15, -0.1) is 0 Å².